The van der Waals surface area contributed by atoms with Crippen LogP contribution in [0, 0.1) is 17.0 Å². The highest BCUT2D eigenvalue weighted by atomic mass is 35.5. The molecule has 2 N–H and O–H groups in total. The molecular formula is C19H16ClN3O4. The SMILES string of the molecule is Cc1cc([N+](=O)[O-])cc(Cl)c1NCc1ccc(NC(=O)c2ccco2)cc1. The van der Waals surface area contributed by atoms with E-state index in [1.807, 2.05) is 12.1 Å². The number of benzene rings is 2. The van der Waals surface area contributed by atoms with E-state index >= 15 is 0 Å². The van der Waals surface area contributed by atoms with Gasteiger partial charge in [0.15, 0.2) is 5.76 Å². The molecule has 0 saturated heterocycles. The van der Waals surface area contributed by atoms with Gasteiger partial charge in [0.1, 0.15) is 0 Å². The first-order valence-corrected chi connectivity index (χ1v) is 8.44. The summed E-state index contributed by atoms with van der Waals surface area (Å²) in [6.07, 6.45) is 1.44. The summed E-state index contributed by atoms with van der Waals surface area (Å²) in [5, 5.41) is 17.1. The van der Waals surface area contributed by atoms with Crippen molar-refractivity contribution in [3.8, 4) is 0 Å². The number of non-ortho nitro benzene ring substituents is 1. The highest BCUT2D eigenvalue weighted by Crippen LogP contribution is 2.31. The fourth-order valence-electron chi connectivity index (χ4n) is 2.55. The molecule has 0 aliphatic heterocycles. The van der Waals surface area contributed by atoms with Crippen molar-refractivity contribution >= 4 is 34.6 Å². The van der Waals surface area contributed by atoms with Crippen LogP contribution in [0.25, 0.3) is 0 Å². The molecule has 0 saturated carbocycles. The highest BCUT2D eigenvalue weighted by Gasteiger charge is 2.13. The summed E-state index contributed by atoms with van der Waals surface area (Å²) in [7, 11) is 0. The van der Waals surface area contributed by atoms with Crippen LogP contribution in [0.3, 0.4) is 0 Å². The molecule has 3 rings (SSSR count). The molecule has 1 heterocycles. The van der Waals surface area contributed by atoms with E-state index in [0.29, 0.717) is 28.5 Å². The number of nitrogens with zero attached hydrogens (tertiary/aromatic N) is 1. The Morgan fingerprint density at radius 2 is 1.96 bits per heavy atom. The molecule has 0 aliphatic rings. The van der Waals surface area contributed by atoms with E-state index < -0.39 is 4.92 Å². The molecule has 1 aromatic heterocycles. The van der Waals surface area contributed by atoms with E-state index in [0.717, 1.165) is 5.56 Å². The molecule has 138 valence electrons. The third kappa shape index (κ3) is 4.45. The van der Waals surface area contributed by atoms with Gasteiger partial charge in [0, 0.05) is 24.4 Å². The first-order valence-electron chi connectivity index (χ1n) is 8.06. The van der Waals surface area contributed by atoms with Crippen molar-refractivity contribution in [1.29, 1.82) is 0 Å². The second-order valence-electron chi connectivity index (χ2n) is 5.86. The Morgan fingerprint density at radius 1 is 1.22 bits per heavy atom. The van der Waals surface area contributed by atoms with Gasteiger partial charge < -0.3 is 15.1 Å². The number of furan rings is 1. The molecule has 1 amide bonds. The lowest BCUT2D eigenvalue weighted by Gasteiger charge is -2.12. The number of halogens is 1. The Morgan fingerprint density at radius 3 is 2.56 bits per heavy atom. The van der Waals surface area contributed by atoms with Gasteiger partial charge in [0.05, 0.1) is 21.9 Å². The number of hydrogen-bond acceptors (Lipinski definition) is 5. The Hall–Kier alpha value is -3.32. The maximum Gasteiger partial charge on any atom is 0.291 e. The van der Waals surface area contributed by atoms with Crippen LogP contribution in [0.4, 0.5) is 17.1 Å². The largest absolute Gasteiger partial charge is 0.459 e. The molecule has 27 heavy (non-hydrogen) atoms. The van der Waals surface area contributed by atoms with Gasteiger partial charge in [-0.3, -0.25) is 14.9 Å². The van der Waals surface area contributed by atoms with Crippen molar-refractivity contribution in [2.24, 2.45) is 0 Å². The number of carbonyl (C=O) groups excluding carboxylic acids is 1. The van der Waals surface area contributed by atoms with Crippen LogP contribution in [0.5, 0.6) is 0 Å². The van der Waals surface area contributed by atoms with Crippen molar-refractivity contribution < 1.29 is 14.1 Å². The van der Waals surface area contributed by atoms with E-state index in [1.165, 1.54) is 18.4 Å². The zero-order valence-electron chi connectivity index (χ0n) is 14.4. The summed E-state index contributed by atoms with van der Waals surface area (Å²) in [4.78, 5) is 22.3. The third-order valence-corrected chi connectivity index (χ3v) is 4.21. The zero-order valence-corrected chi connectivity index (χ0v) is 15.1. The maximum absolute atomic E-state index is 11.9. The van der Waals surface area contributed by atoms with Crippen LogP contribution in [-0.4, -0.2) is 10.8 Å². The molecule has 0 radical (unpaired) electrons. The first-order chi connectivity index (χ1) is 12.9. The molecule has 0 unspecified atom stereocenters. The van der Waals surface area contributed by atoms with Crippen molar-refractivity contribution in [2.45, 2.75) is 13.5 Å². The number of nitrogens with one attached hydrogen (secondary N) is 2. The second kappa shape index (κ2) is 7.92. The van der Waals surface area contributed by atoms with E-state index in [-0.39, 0.29) is 17.4 Å². The molecule has 0 aliphatic carbocycles. The molecule has 0 atom stereocenters. The fourth-order valence-corrected chi connectivity index (χ4v) is 2.88. The summed E-state index contributed by atoms with van der Waals surface area (Å²) < 4.78 is 5.05. The second-order valence-corrected chi connectivity index (χ2v) is 6.27. The number of anilines is 2. The predicted molar refractivity (Wildman–Crippen MR) is 103 cm³/mol. The molecule has 2 aromatic carbocycles. The van der Waals surface area contributed by atoms with Gasteiger partial charge in [0.25, 0.3) is 11.6 Å². The summed E-state index contributed by atoms with van der Waals surface area (Å²) in [6, 6.07) is 13.3. The lowest BCUT2D eigenvalue weighted by molar-refractivity contribution is -0.384. The predicted octanol–water partition coefficient (Wildman–Crippen LogP) is 5.01. The van der Waals surface area contributed by atoms with Crippen LogP contribution in [-0.2, 0) is 6.54 Å². The standard InChI is InChI=1S/C19H16ClN3O4/c1-12-9-15(23(25)26)10-16(20)18(12)21-11-13-4-6-14(7-5-13)22-19(24)17-3-2-8-27-17/h2-10,21H,11H2,1H3,(H,22,24). The molecule has 0 fully saturated rings. The number of hydrogen-bond donors (Lipinski definition) is 2. The van der Waals surface area contributed by atoms with Crippen LogP contribution in [0.1, 0.15) is 21.7 Å². The monoisotopic (exact) mass is 385 g/mol. The first kappa shape index (κ1) is 18.5. The van der Waals surface area contributed by atoms with E-state index in [1.54, 1.807) is 31.2 Å². The van der Waals surface area contributed by atoms with Gasteiger partial charge in [-0.05, 0) is 42.3 Å². The minimum atomic E-state index is -0.474. The summed E-state index contributed by atoms with van der Waals surface area (Å²) in [5.74, 6) is -0.0804. The summed E-state index contributed by atoms with van der Waals surface area (Å²) in [6.45, 7) is 2.24. The summed E-state index contributed by atoms with van der Waals surface area (Å²) in [5.41, 5.74) is 2.90. The van der Waals surface area contributed by atoms with E-state index in [9.17, 15) is 14.9 Å². The van der Waals surface area contributed by atoms with Crippen molar-refractivity contribution in [3.63, 3.8) is 0 Å². The lowest BCUT2D eigenvalue weighted by atomic mass is 10.1. The van der Waals surface area contributed by atoms with Crippen LogP contribution in [0.15, 0.2) is 59.2 Å². The fraction of sp³-hybridized carbons (Fsp3) is 0.105. The number of nitro groups is 1. The van der Waals surface area contributed by atoms with Crippen molar-refractivity contribution in [2.75, 3.05) is 10.6 Å². The normalized spacial score (nSPS) is 10.4. The minimum absolute atomic E-state index is 0.0419. The van der Waals surface area contributed by atoms with Gasteiger partial charge in [-0.2, -0.15) is 0 Å². The van der Waals surface area contributed by atoms with Gasteiger partial charge in [-0.15, -0.1) is 0 Å². The Kier molecular flexibility index (Phi) is 5.42. The quantitative estimate of drug-likeness (QED) is 0.459. The van der Waals surface area contributed by atoms with Gasteiger partial charge >= 0.3 is 0 Å². The molecular weight excluding hydrogens is 370 g/mol. The van der Waals surface area contributed by atoms with Crippen LogP contribution < -0.4 is 10.6 Å². The van der Waals surface area contributed by atoms with E-state index in [4.69, 9.17) is 16.0 Å². The Balaban J connectivity index is 1.64. The number of carbonyl (C=O) groups is 1. The molecule has 7 nitrogen and oxygen atoms in total. The van der Waals surface area contributed by atoms with Crippen LogP contribution in [0.2, 0.25) is 5.02 Å². The smallest absolute Gasteiger partial charge is 0.291 e. The van der Waals surface area contributed by atoms with Gasteiger partial charge in [-0.25, -0.2) is 0 Å². The van der Waals surface area contributed by atoms with Gasteiger partial charge in [-0.1, -0.05) is 23.7 Å². The third-order valence-electron chi connectivity index (χ3n) is 3.91. The lowest BCUT2D eigenvalue weighted by Crippen LogP contribution is -2.10. The number of aryl methyl sites for hydroxylation is 1. The van der Waals surface area contributed by atoms with E-state index in [2.05, 4.69) is 10.6 Å². The van der Waals surface area contributed by atoms with Gasteiger partial charge in [0.2, 0.25) is 0 Å². The topological polar surface area (TPSA) is 97.4 Å². The van der Waals surface area contributed by atoms with Crippen LogP contribution >= 0.6 is 11.6 Å². The number of amides is 1. The molecule has 0 bridgehead atoms. The van der Waals surface area contributed by atoms with Crippen molar-refractivity contribution in [1.82, 2.24) is 0 Å². The molecule has 8 heteroatoms. The Bertz CT molecular complexity index is 946. The van der Waals surface area contributed by atoms with Crippen molar-refractivity contribution in [3.05, 3.63) is 86.8 Å². The zero-order chi connectivity index (χ0) is 19.4. The Labute approximate surface area is 160 Å². The molecule has 3 aromatic rings. The number of rotatable bonds is 6. The minimum Gasteiger partial charge on any atom is -0.459 e. The average molecular weight is 386 g/mol. The summed E-state index contributed by atoms with van der Waals surface area (Å²) >= 11 is 6.15. The maximum atomic E-state index is 11.9. The number of nitro benzene ring substituents is 1. The molecule has 0 spiro atoms. The highest BCUT2D eigenvalue weighted by molar-refractivity contribution is 6.33. The average Bonchev–Trinajstić information content (AvgIpc) is 3.17.